The minimum absolute atomic E-state index is 0.185. The van der Waals surface area contributed by atoms with Gasteiger partial charge in [-0.25, -0.2) is 0 Å². The highest BCUT2D eigenvalue weighted by atomic mass is 32.2. The van der Waals surface area contributed by atoms with Crippen LogP contribution in [0.4, 0.5) is 0 Å². The molecule has 0 spiro atoms. The van der Waals surface area contributed by atoms with Gasteiger partial charge in [-0.3, -0.25) is 4.79 Å². The van der Waals surface area contributed by atoms with Crippen molar-refractivity contribution in [2.75, 3.05) is 44.2 Å². The quantitative estimate of drug-likeness (QED) is 0.658. The molecule has 0 aromatic rings. The lowest BCUT2D eigenvalue weighted by molar-refractivity contribution is -0.119. The van der Waals surface area contributed by atoms with Crippen LogP contribution in [0.3, 0.4) is 0 Å². The van der Waals surface area contributed by atoms with Crippen molar-refractivity contribution >= 4 is 17.7 Å². The molecule has 2 atom stereocenters. The molecule has 19 heavy (non-hydrogen) atoms. The zero-order chi connectivity index (χ0) is 14.1. The van der Waals surface area contributed by atoms with Gasteiger partial charge in [-0.15, -0.1) is 0 Å². The van der Waals surface area contributed by atoms with Crippen molar-refractivity contribution < 1.29 is 4.79 Å². The molecule has 0 bridgehead atoms. The molecule has 112 valence electrons. The van der Waals surface area contributed by atoms with Crippen LogP contribution in [0.25, 0.3) is 0 Å². The number of carbonyl (C=O) groups excluding carboxylic acids is 1. The van der Waals surface area contributed by atoms with Crippen molar-refractivity contribution in [3.05, 3.63) is 0 Å². The van der Waals surface area contributed by atoms with E-state index in [-0.39, 0.29) is 5.91 Å². The van der Waals surface area contributed by atoms with Gasteiger partial charge in [-0.1, -0.05) is 20.8 Å². The fourth-order valence-electron chi connectivity index (χ4n) is 2.33. The van der Waals surface area contributed by atoms with E-state index in [0.29, 0.717) is 17.7 Å². The molecular weight excluding hydrogens is 258 g/mol. The summed E-state index contributed by atoms with van der Waals surface area (Å²) in [5.41, 5.74) is 0. The Morgan fingerprint density at radius 2 is 2.16 bits per heavy atom. The van der Waals surface area contributed by atoms with Gasteiger partial charge in [0.15, 0.2) is 0 Å². The van der Waals surface area contributed by atoms with Crippen LogP contribution in [0.2, 0.25) is 0 Å². The molecule has 1 fully saturated rings. The van der Waals surface area contributed by atoms with Gasteiger partial charge in [0, 0.05) is 24.9 Å². The van der Waals surface area contributed by atoms with Crippen molar-refractivity contribution in [1.82, 2.24) is 15.5 Å². The standard InChI is InChI=1S/C14H29N3OS/c1-4-17(5-2)8-9-19-11-14(18)16-13-10-15-7-6-12(13)3/h12-13,15H,4-11H2,1-3H3,(H,16,18). The topological polar surface area (TPSA) is 44.4 Å². The normalized spacial score (nSPS) is 23.6. The number of hydrogen-bond acceptors (Lipinski definition) is 4. The van der Waals surface area contributed by atoms with E-state index in [1.54, 1.807) is 11.8 Å². The van der Waals surface area contributed by atoms with Crippen molar-refractivity contribution in [1.29, 1.82) is 0 Å². The van der Waals surface area contributed by atoms with E-state index < -0.39 is 0 Å². The third-order valence-corrected chi connectivity index (χ3v) is 4.79. The lowest BCUT2D eigenvalue weighted by Gasteiger charge is -2.30. The first-order valence-electron chi connectivity index (χ1n) is 7.47. The lowest BCUT2D eigenvalue weighted by Crippen LogP contribution is -2.50. The molecular formula is C14H29N3OS. The second kappa shape index (κ2) is 9.61. The second-order valence-corrected chi connectivity index (χ2v) is 6.33. The van der Waals surface area contributed by atoms with Gasteiger partial charge in [0.1, 0.15) is 0 Å². The van der Waals surface area contributed by atoms with Gasteiger partial charge < -0.3 is 15.5 Å². The Bertz CT molecular complexity index is 259. The minimum atomic E-state index is 0.185. The Kier molecular flexibility index (Phi) is 8.50. The van der Waals surface area contributed by atoms with E-state index in [4.69, 9.17) is 0 Å². The summed E-state index contributed by atoms with van der Waals surface area (Å²) in [5, 5.41) is 6.49. The highest BCUT2D eigenvalue weighted by Crippen LogP contribution is 2.11. The minimum Gasteiger partial charge on any atom is -0.351 e. The van der Waals surface area contributed by atoms with Crippen LogP contribution in [0.15, 0.2) is 0 Å². The zero-order valence-corrected chi connectivity index (χ0v) is 13.4. The van der Waals surface area contributed by atoms with E-state index in [0.717, 1.165) is 44.9 Å². The van der Waals surface area contributed by atoms with E-state index >= 15 is 0 Å². The molecule has 1 aliphatic heterocycles. The Balaban J connectivity index is 2.10. The predicted octanol–water partition coefficient (Wildman–Crippen LogP) is 1.18. The fraction of sp³-hybridized carbons (Fsp3) is 0.929. The number of hydrogen-bond donors (Lipinski definition) is 2. The first kappa shape index (κ1) is 16.8. The summed E-state index contributed by atoms with van der Waals surface area (Å²) in [7, 11) is 0. The number of nitrogens with one attached hydrogen (secondary N) is 2. The Morgan fingerprint density at radius 1 is 1.42 bits per heavy atom. The molecule has 5 heteroatoms. The van der Waals surface area contributed by atoms with Gasteiger partial charge in [-0.2, -0.15) is 11.8 Å². The van der Waals surface area contributed by atoms with Gasteiger partial charge in [0.05, 0.1) is 5.75 Å². The third-order valence-electron chi connectivity index (χ3n) is 3.85. The van der Waals surface area contributed by atoms with E-state index in [1.807, 2.05) is 0 Å². The summed E-state index contributed by atoms with van der Waals surface area (Å²) in [5.74, 6) is 2.40. The first-order chi connectivity index (χ1) is 9.17. The molecule has 1 rings (SSSR count). The van der Waals surface area contributed by atoms with Crippen molar-refractivity contribution in [2.24, 2.45) is 5.92 Å². The summed E-state index contributed by atoms with van der Waals surface area (Å²) in [6.07, 6.45) is 1.15. The lowest BCUT2D eigenvalue weighted by atomic mass is 9.95. The number of rotatable bonds is 8. The Morgan fingerprint density at radius 3 is 2.79 bits per heavy atom. The van der Waals surface area contributed by atoms with E-state index in [1.165, 1.54) is 0 Å². The molecule has 2 unspecified atom stereocenters. The van der Waals surface area contributed by atoms with Crippen LogP contribution in [-0.2, 0) is 4.79 Å². The molecule has 1 heterocycles. The molecule has 2 N–H and O–H groups in total. The molecule has 0 aromatic carbocycles. The number of thioether (sulfide) groups is 1. The monoisotopic (exact) mass is 287 g/mol. The van der Waals surface area contributed by atoms with Crippen molar-refractivity contribution in [2.45, 2.75) is 33.2 Å². The fourth-order valence-corrected chi connectivity index (χ4v) is 3.13. The number of piperidine rings is 1. The van der Waals surface area contributed by atoms with Crippen LogP contribution in [0.5, 0.6) is 0 Å². The highest BCUT2D eigenvalue weighted by Gasteiger charge is 2.22. The van der Waals surface area contributed by atoms with Gasteiger partial charge in [-0.05, 0) is 32.0 Å². The molecule has 1 aliphatic rings. The average molecular weight is 287 g/mol. The highest BCUT2D eigenvalue weighted by molar-refractivity contribution is 7.99. The number of carbonyl (C=O) groups is 1. The molecule has 1 amide bonds. The third kappa shape index (κ3) is 6.63. The van der Waals surface area contributed by atoms with Crippen LogP contribution < -0.4 is 10.6 Å². The molecule has 4 nitrogen and oxygen atoms in total. The number of nitrogens with zero attached hydrogens (tertiary/aromatic N) is 1. The van der Waals surface area contributed by atoms with Crippen molar-refractivity contribution in [3.63, 3.8) is 0 Å². The summed E-state index contributed by atoms with van der Waals surface area (Å²) >= 11 is 1.74. The van der Waals surface area contributed by atoms with E-state index in [9.17, 15) is 4.79 Å². The van der Waals surface area contributed by atoms with Gasteiger partial charge >= 0.3 is 0 Å². The summed E-state index contributed by atoms with van der Waals surface area (Å²) in [6.45, 7) is 11.8. The van der Waals surface area contributed by atoms with Gasteiger partial charge in [0.25, 0.3) is 0 Å². The average Bonchev–Trinajstić information content (AvgIpc) is 2.42. The summed E-state index contributed by atoms with van der Waals surface area (Å²) in [6, 6.07) is 0.310. The van der Waals surface area contributed by atoms with Crippen LogP contribution in [0, 0.1) is 5.92 Å². The molecule has 0 radical (unpaired) electrons. The SMILES string of the molecule is CCN(CC)CCSCC(=O)NC1CNCCC1C. The maximum Gasteiger partial charge on any atom is 0.230 e. The largest absolute Gasteiger partial charge is 0.351 e. The van der Waals surface area contributed by atoms with Gasteiger partial charge in [0.2, 0.25) is 5.91 Å². The maximum atomic E-state index is 11.9. The molecule has 0 saturated carbocycles. The summed E-state index contributed by atoms with van der Waals surface area (Å²) < 4.78 is 0. The Labute approximate surface area is 122 Å². The van der Waals surface area contributed by atoms with E-state index in [2.05, 4.69) is 36.3 Å². The molecule has 0 aromatic heterocycles. The predicted molar refractivity (Wildman–Crippen MR) is 83.7 cm³/mol. The second-order valence-electron chi connectivity index (χ2n) is 5.22. The van der Waals surface area contributed by atoms with Crippen LogP contribution >= 0.6 is 11.8 Å². The maximum absolute atomic E-state index is 11.9. The number of amides is 1. The zero-order valence-electron chi connectivity index (χ0n) is 12.6. The molecule has 0 aliphatic carbocycles. The first-order valence-corrected chi connectivity index (χ1v) is 8.63. The van der Waals surface area contributed by atoms with Crippen LogP contribution in [-0.4, -0.2) is 61.1 Å². The summed E-state index contributed by atoms with van der Waals surface area (Å²) in [4.78, 5) is 14.3. The molecule has 1 saturated heterocycles. The van der Waals surface area contributed by atoms with Crippen LogP contribution in [0.1, 0.15) is 27.2 Å². The smallest absolute Gasteiger partial charge is 0.230 e. The Hall–Kier alpha value is -0.260. The van der Waals surface area contributed by atoms with Crippen molar-refractivity contribution in [3.8, 4) is 0 Å².